The zero-order valence-electron chi connectivity index (χ0n) is 18.7. The van der Waals surface area contributed by atoms with Gasteiger partial charge >= 0.3 is 13.2 Å². The summed E-state index contributed by atoms with van der Waals surface area (Å²) in [6.07, 6.45) is 1.35. The van der Waals surface area contributed by atoms with Crippen molar-refractivity contribution in [1.29, 1.82) is 5.26 Å². The van der Waals surface area contributed by atoms with Crippen LogP contribution in [0.4, 0.5) is 4.79 Å². The monoisotopic (exact) mass is 398 g/mol. The SMILES string of the molecule is Cc1cccc(C#N)c1C=C(CNC(=O)OC(C)(C)C)B1OC(C)(C)C(C)(C)O1. The molecule has 1 aliphatic heterocycles. The van der Waals surface area contributed by atoms with E-state index in [-0.39, 0.29) is 6.54 Å². The topological polar surface area (TPSA) is 80.6 Å². The summed E-state index contributed by atoms with van der Waals surface area (Å²) in [7, 11) is -0.652. The van der Waals surface area contributed by atoms with Gasteiger partial charge in [0.25, 0.3) is 0 Å². The lowest BCUT2D eigenvalue weighted by molar-refractivity contribution is 0.00578. The Morgan fingerprint density at radius 2 is 1.83 bits per heavy atom. The second-order valence-corrected chi connectivity index (χ2v) is 9.31. The third-order valence-corrected chi connectivity index (χ3v) is 5.17. The number of amides is 1. The first-order chi connectivity index (χ1) is 13.3. The van der Waals surface area contributed by atoms with E-state index in [1.54, 1.807) is 6.07 Å². The predicted octanol–water partition coefficient (Wildman–Crippen LogP) is 4.41. The van der Waals surface area contributed by atoms with Gasteiger partial charge < -0.3 is 19.4 Å². The Hall–Kier alpha value is -2.30. The summed E-state index contributed by atoms with van der Waals surface area (Å²) in [4.78, 5) is 12.2. The number of nitrogens with zero attached hydrogens (tertiary/aromatic N) is 1. The van der Waals surface area contributed by atoms with Gasteiger partial charge in [0.05, 0.1) is 22.8 Å². The molecule has 1 fully saturated rings. The number of carbonyl (C=O) groups excluding carboxylic acids is 1. The van der Waals surface area contributed by atoms with Crippen molar-refractivity contribution < 1.29 is 18.8 Å². The molecule has 0 aliphatic carbocycles. The zero-order valence-corrected chi connectivity index (χ0v) is 18.7. The van der Waals surface area contributed by atoms with Gasteiger partial charge in [0, 0.05) is 6.54 Å². The van der Waals surface area contributed by atoms with Gasteiger partial charge in [0.15, 0.2) is 0 Å². The number of nitriles is 1. The van der Waals surface area contributed by atoms with Crippen molar-refractivity contribution in [2.24, 2.45) is 0 Å². The third kappa shape index (κ3) is 5.62. The molecule has 6 nitrogen and oxygen atoms in total. The molecule has 0 aromatic heterocycles. The van der Waals surface area contributed by atoms with Gasteiger partial charge in [-0.3, -0.25) is 0 Å². The fourth-order valence-corrected chi connectivity index (χ4v) is 2.84. The molecule has 0 saturated carbocycles. The molecule has 1 heterocycles. The van der Waals surface area contributed by atoms with Gasteiger partial charge in [-0.05, 0) is 78.1 Å². The van der Waals surface area contributed by atoms with E-state index in [9.17, 15) is 10.1 Å². The average molecular weight is 398 g/mol. The summed E-state index contributed by atoms with van der Waals surface area (Å²) < 4.78 is 17.7. The predicted molar refractivity (Wildman–Crippen MR) is 114 cm³/mol. The van der Waals surface area contributed by atoms with Crippen LogP contribution in [0.25, 0.3) is 6.08 Å². The number of alkyl carbamates (subject to hydrolysis) is 1. The first-order valence-corrected chi connectivity index (χ1v) is 9.78. The molecular weight excluding hydrogens is 367 g/mol. The standard InChI is InChI=1S/C22H31BN2O4/c1-15-10-9-11-16(13-24)18(15)12-17(14-25-19(26)27-20(2,3)4)23-28-21(5,6)22(7,8)29-23/h9-12H,14H2,1-8H3,(H,25,26). The van der Waals surface area contributed by atoms with E-state index < -0.39 is 30.0 Å². The maximum absolute atomic E-state index is 12.2. The van der Waals surface area contributed by atoms with Crippen LogP contribution in [-0.2, 0) is 14.0 Å². The first kappa shape index (κ1) is 23.0. The molecule has 2 rings (SSSR count). The number of aryl methyl sites for hydroxylation is 1. The van der Waals surface area contributed by atoms with Crippen molar-refractivity contribution >= 4 is 19.3 Å². The quantitative estimate of drug-likeness (QED) is 0.760. The summed E-state index contributed by atoms with van der Waals surface area (Å²) in [6.45, 7) is 15.4. The second-order valence-electron chi connectivity index (χ2n) is 9.31. The lowest BCUT2D eigenvalue weighted by atomic mass is 9.76. The molecule has 0 atom stereocenters. The molecule has 1 amide bonds. The molecule has 156 valence electrons. The van der Waals surface area contributed by atoms with E-state index in [4.69, 9.17) is 14.0 Å². The van der Waals surface area contributed by atoms with Gasteiger partial charge in [-0.1, -0.05) is 18.2 Å². The Kier molecular flexibility index (Phi) is 6.51. The van der Waals surface area contributed by atoms with Crippen molar-refractivity contribution in [2.45, 2.75) is 72.2 Å². The molecule has 0 radical (unpaired) electrons. The minimum Gasteiger partial charge on any atom is -0.444 e. The maximum Gasteiger partial charge on any atom is 0.492 e. The van der Waals surface area contributed by atoms with E-state index in [0.717, 1.165) is 11.1 Å². The number of carbonyl (C=O) groups is 1. The van der Waals surface area contributed by atoms with Gasteiger partial charge in [0.2, 0.25) is 0 Å². The summed E-state index contributed by atoms with van der Waals surface area (Å²) >= 11 is 0. The Balaban J connectivity index is 2.37. The average Bonchev–Trinajstić information content (AvgIpc) is 2.78. The van der Waals surface area contributed by atoms with E-state index in [2.05, 4.69) is 11.4 Å². The van der Waals surface area contributed by atoms with Crippen LogP contribution in [0.15, 0.2) is 23.7 Å². The fourth-order valence-electron chi connectivity index (χ4n) is 2.84. The van der Waals surface area contributed by atoms with Crippen molar-refractivity contribution in [2.75, 3.05) is 6.54 Å². The van der Waals surface area contributed by atoms with Crippen LogP contribution in [0.1, 0.15) is 65.2 Å². The van der Waals surface area contributed by atoms with Crippen molar-refractivity contribution in [3.63, 3.8) is 0 Å². The minimum atomic E-state index is -0.652. The van der Waals surface area contributed by atoms with Crippen LogP contribution >= 0.6 is 0 Å². The normalized spacial score (nSPS) is 18.3. The highest BCUT2D eigenvalue weighted by Gasteiger charge is 2.52. The van der Waals surface area contributed by atoms with E-state index in [1.807, 2.05) is 73.6 Å². The van der Waals surface area contributed by atoms with E-state index in [1.165, 1.54) is 0 Å². The maximum atomic E-state index is 12.2. The van der Waals surface area contributed by atoms with Crippen LogP contribution in [0, 0.1) is 18.3 Å². The highest BCUT2D eigenvalue weighted by molar-refractivity contribution is 6.56. The summed E-state index contributed by atoms with van der Waals surface area (Å²) in [5.41, 5.74) is 1.36. The van der Waals surface area contributed by atoms with E-state index >= 15 is 0 Å². The lowest BCUT2D eigenvalue weighted by Gasteiger charge is -2.32. The molecule has 1 aliphatic rings. The van der Waals surface area contributed by atoms with Crippen LogP contribution in [0.5, 0.6) is 0 Å². The summed E-state index contributed by atoms with van der Waals surface area (Å²) in [6, 6.07) is 7.77. The van der Waals surface area contributed by atoms with Crippen LogP contribution in [-0.4, -0.2) is 36.6 Å². The lowest BCUT2D eigenvalue weighted by Crippen LogP contribution is -2.41. The number of nitrogens with one attached hydrogen (secondary N) is 1. The Morgan fingerprint density at radius 1 is 1.24 bits per heavy atom. The molecule has 1 aromatic carbocycles. The third-order valence-electron chi connectivity index (χ3n) is 5.17. The molecule has 1 saturated heterocycles. The fraction of sp³-hybridized carbons (Fsp3) is 0.545. The van der Waals surface area contributed by atoms with Gasteiger partial charge in [0.1, 0.15) is 5.60 Å². The highest BCUT2D eigenvalue weighted by Crippen LogP contribution is 2.39. The number of rotatable bonds is 4. The highest BCUT2D eigenvalue weighted by atomic mass is 16.7. The first-order valence-electron chi connectivity index (χ1n) is 9.78. The van der Waals surface area contributed by atoms with Gasteiger partial charge in [-0.2, -0.15) is 5.26 Å². The van der Waals surface area contributed by atoms with Crippen molar-refractivity contribution in [1.82, 2.24) is 5.32 Å². The smallest absolute Gasteiger partial charge is 0.444 e. The molecule has 7 heteroatoms. The van der Waals surface area contributed by atoms with Crippen molar-refractivity contribution in [3.8, 4) is 6.07 Å². The van der Waals surface area contributed by atoms with Gasteiger partial charge in [-0.15, -0.1) is 0 Å². The van der Waals surface area contributed by atoms with Gasteiger partial charge in [-0.25, -0.2) is 4.79 Å². The van der Waals surface area contributed by atoms with Crippen LogP contribution in [0.2, 0.25) is 0 Å². The molecule has 1 N–H and O–H groups in total. The molecule has 0 bridgehead atoms. The zero-order chi connectivity index (χ0) is 22.0. The Labute approximate surface area is 174 Å². The van der Waals surface area contributed by atoms with Crippen LogP contribution < -0.4 is 5.32 Å². The van der Waals surface area contributed by atoms with E-state index in [0.29, 0.717) is 11.0 Å². The molecular formula is C22H31BN2O4. The summed E-state index contributed by atoms with van der Waals surface area (Å²) in [5.74, 6) is 0. The Bertz CT molecular complexity index is 831. The second kappa shape index (κ2) is 8.21. The number of hydrogen-bond acceptors (Lipinski definition) is 5. The molecule has 1 aromatic rings. The Morgan fingerprint density at radius 3 is 2.34 bits per heavy atom. The van der Waals surface area contributed by atoms with Crippen molar-refractivity contribution in [3.05, 3.63) is 40.4 Å². The number of hydrogen-bond donors (Lipinski definition) is 1. The summed E-state index contributed by atoms with van der Waals surface area (Å²) in [5, 5.41) is 12.3. The van der Waals surface area contributed by atoms with Crippen LogP contribution in [0.3, 0.4) is 0 Å². The molecule has 29 heavy (non-hydrogen) atoms. The largest absolute Gasteiger partial charge is 0.492 e. The number of benzene rings is 1. The minimum absolute atomic E-state index is 0.172. The molecule has 0 unspecified atom stereocenters. The molecule has 0 spiro atoms. The number of ether oxygens (including phenoxy) is 1.